The molecule has 2 aromatic rings. The normalized spacial score (nSPS) is 11.1. The average molecular weight is 233 g/mol. The molecule has 1 heterocycles. The summed E-state index contributed by atoms with van der Waals surface area (Å²) in [4.78, 5) is 1.54. The SMILES string of the molecule is CC(C)n1nnc(-c2cc(N)cc(CO)c2)n1. The Labute approximate surface area is 99.1 Å². The molecular weight excluding hydrogens is 218 g/mol. The van der Waals surface area contributed by atoms with Gasteiger partial charge in [0.1, 0.15) is 0 Å². The largest absolute Gasteiger partial charge is 0.399 e. The van der Waals surface area contributed by atoms with E-state index in [1.165, 1.54) is 4.80 Å². The van der Waals surface area contributed by atoms with Crippen molar-refractivity contribution in [3.05, 3.63) is 23.8 Å². The predicted molar refractivity (Wildman–Crippen MR) is 64.0 cm³/mol. The van der Waals surface area contributed by atoms with Crippen molar-refractivity contribution in [3.8, 4) is 11.4 Å². The smallest absolute Gasteiger partial charge is 0.205 e. The minimum absolute atomic E-state index is 0.0592. The molecule has 1 aromatic heterocycles. The third-order valence-electron chi connectivity index (χ3n) is 2.35. The summed E-state index contributed by atoms with van der Waals surface area (Å²) in [6.45, 7) is 3.89. The lowest BCUT2D eigenvalue weighted by Gasteiger charge is -2.02. The van der Waals surface area contributed by atoms with Gasteiger partial charge in [0.15, 0.2) is 0 Å². The molecule has 90 valence electrons. The first-order chi connectivity index (χ1) is 8.10. The summed E-state index contributed by atoms with van der Waals surface area (Å²) < 4.78 is 0. The molecule has 0 bridgehead atoms. The van der Waals surface area contributed by atoms with E-state index in [-0.39, 0.29) is 12.6 Å². The average Bonchev–Trinajstić information content (AvgIpc) is 2.77. The molecule has 0 aliphatic rings. The van der Waals surface area contributed by atoms with Crippen molar-refractivity contribution in [1.82, 2.24) is 20.2 Å². The van der Waals surface area contributed by atoms with E-state index in [1.54, 1.807) is 18.2 Å². The lowest BCUT2D eigenvalue weighted by molar-refractivity contribution is 0.282. The zero-order valence-electron chi connectivity index (χ0n) is 9.83. The molecule has 0 amide bonds. The quantitative estimate of drug-likeness (QED) is 0.772. The van der Waals surface area contributed by atoms with Crippen molar-refractivity contribution in [3.63, 3.8) is 0 Å². The van der Waals surface area contributed by atoms with Gasteiger partial charge in [-0.1, -0.05) is 0 Å². The second-order valence-corrected chi connectivity index (χ2v) is 4.15. The summed E-state index contributed by atoms with van der Waals surface area (Å²) in [6.07, 6.45) is 0. The van der Waals surface area contributed by atoms with Gasteiger partial charge >= 0.3 is 0 Å². The highest BCUT2D eigenvalue weighted by Crippen LogP contribution is 2.20. The van der Waals surface area contributed by atoms with Crippen LogP contribution in [-0.2, 0) is 6.61 Å². The highest BCUT2D eigenvalue weighted by atomic mass is 16.3. The standard InChI is InChI=1S/C11H15N5O/c1-7(2)16-14-11(13-15-16)9-3-8(6-17)4-10(12)5-9/h3-5,7,17H,6,12H2,1-2H3. The number of rotatable bonds is 3. The number of aliphatic hydroxyl groups excluding tert-OH is 1. The highest BCUT2D eigenvalue weighted by molar-refractivity contribution is 5.62. The molecule has 0 fully saturated rings. The summed E-state index contributed by atoms with van der Waals surface area (Å²) in [7, 11) is 0. The van der Waals surface area contributed by atoms with Crippen LogP contribution < -0.4 is 5.73 Å². The van der Waals surface area contributed by atoms with Crippen LogP contribution >= 0.6 is 0 Å². The van der Waals surface area contributed by atoms with Crippen LogP contribution in [0.2, 0.25) is 0 Å². The van der Waals surface area contributed by atoms with Gasteiger partial charge in [-0.25, -0.2) is 0 Å². The van der Waals surface area contributed by atoms with Crippen LogP contribution in [0.3, 0.4) is 0 Å². The number of nitrogens with two attached hydrogens (primary N) is 1. The maximum Gasteiger partial charge on any atom is 0.205 e. The summed E-state index contributed by atoms with van der Waals surface area (Å²) in [5, 5.41) is 21.3. The number of nitrogens with zero attached hydrogens (tertiary/aromatic N) is 4. The predicted octanol–water partition coefficient (Wildman–Crippen LogP) is 0.995. The van der Waals surface area contributed by atoms with E-state index < -0.39 is 0 Å². The Hall–Kier alpha value is -1.95. The summed E-state index contributed by atoms with van der Waals surface area (Å²) >= 11 is 0. The van der Waals surface area contributed by atoms with E-state index in [0.29, 0.717) is 11.5 Å². The van der Waals surface area contributed by atoms with Crippen LogP contribution in [0.4, 0.5) is 5.69 Å². The first-order valence-electron chi connectivity index (χ1n) is 5.40. The number of aliphatic hydroxyl groups is 1. The van der Waals surface area contributed by atoms with Crippen molar-refractivity contribution in [2.45, 2.75) is 26.5 Å². The Kier molecular flexibility index (Phi) is 3.06. The first kappa shape index (κ1) is 11.5. The molecule has 3 N–H and O–H groups in total. The molecule has 0 spiro atoms. The van der Waals surface area contributed by atoms with Crippen LogP contribution in [-0.4, -0.2) is 25.3 Å². The molecule has 1 aromatic carbocycles. The number of hydrogen-bond acceptors (Lipinski definition) is 5. The number of anilines is 1. The summed E-state index contributed by atoms with van der Waals surface area (Å²) in [5.74, 6) is 0.515. The second-order valence-electron chi connectivity index (χ2n) is 4.15. The fraction of sp³-hybridized carbons (Fsp3) is 0.364. The van der Waals surface area contributed by atoms with Gasteiger partial charge in [0.05, 0.1) is 12.6 Å². The van der Waals surface area contributed by atoms with Gasteiger partial charge in [0, 0.05) is 11.3 Å². The van der Waals surface area contributed by atoms with Crippen molar-refractivity contribution in [2.24, 2.45) is 0 Å². The Balaban J connectivity index is 2.41. The zero-order valence-corrected chi connectivity index (χ0v) is 9.83. The van der Waals surface area contributed by atoms with Crippen molar-refractivity contribution in [1.29, 1.82) is 0 Å². The molecule has 0 aliphatic carbocycles. The zero-order chi connectivity index (χ0) is 12.4. The molecule has 0 radical (unpaired) electrons. The molecular formula is C11H15N5O. The molecule has 6 nitrogen and oxygen atoms in total. The highest BCUT2D eigenvalue weighted by Gasteiger charge is 2.09. The number of tetrazole rings is 1. The maximum absolute atomic E-state index is 9.11. The third-order valence-corrected chi connectivity index (χ3v) is 2.35. The Morgan fingerprint density at radius 2 is 2.12 bits per heavy atom. The molecule has 17 heavy (non-hydrogen) atoms. The van der Waals surface area contributed by atoms with Crippen LogP contribution in [0.25, 0.3) is 11.4 Å². The molecule has 6 heteroatoms. The van der Waals surface area contributed by atoms with Gasteiger partial charge in [-0.2, -0.15) is 4.80 Å². The molecule has 0 aliphatic heterocycles. The minimum Gasteiger partial charge on any atom is -0.399 e. The van der Waals surface area contributed by atoms with E-state index in [0.717, 1.165) is 11.1 Å². The number of aromatic nitrogens is 4. The van der Waals surface area contributed by atoms with Gasteiger partial charge in [-0.05, 0) is 42.8 Å². The van der Waals surface area contributed by atoms with Crippen molar-refractivity contribution >= 4 is 5.69 Å². The third kappa shape index (κ3) is 2.42. The topological polar surface area (TPSA) is 89.9 Å². The van der Waals surface area contributed by atoms with Gasteiger partial charge in [0.2, 0.25) is 5.82 Å². The van der Waals surface area contributed by atoms with Crippen LogP contribution in [0.1, 0.15) is 25.5 Å². The van der Waals surface area contributed by atoms with Gasteiger partial charge in [-0.15, -0.1) is 10.2 Å². The Morgan fingerprint density at radius 3 is 2.71 bits per heavy atom. The lowest BCUT2D eigenvalue weighted by Crippen LogP contribution is -2.04. The van der Waals surface area contributed by atoms with Gasteiger partial charge < -0.3 is 10.8 Å². The first-order valence-corrected chi connectivity index (χ1v) is 5.40. The fourth-order valence-corrected chi connectivity index (χ4v) is 1.50. The van der Waals surface area contributed by atoms with E-state index in [2.05, 4.69) is 15.4 Å². The van der Waals surface area contributed by atoms with Gasteiger partial charge in [0.25, 0.3) is 0 Å². The molecule has 0 unspecified atom stereocenters. The Bertz CT molecular complexity index is 520. The second kappa shape index (κ2) is 4.50. The number of nitrogen functional groups attached to an aromatic ring is 1. The van der Waals surface area contributed by atoms with Crippen LogP contribution in [0.15, 0.2) is 18.2 Å². The van der Waals surface area contributed by atoms with Crippen molar-refractivity contribution < 1.29 is 5.11 Å². The summed E-state index contributed by atoms with van der Waals surface area (Å²) in [6, 6.07) is 5.45. The molecule has 2 rings (SSSR count). The molecule has 0 saturated heterocycles. The summed E-state index contributed by atoms with van der Waals surface area (Å²) in [5.41, 5.74) is 7.82. The van der Waals surface area contributed by atoms with E-state index >= 15 is 0 Å². The molecule has 0 atom stereocenters. The number of benzene rings is 1. The fourth-order valence-electron chi connectivity index (χ4n) is 1.50. The van der Waals surface area contributed by atoms with Crippen molar-refractivity contribution in [2.75, 3.05) is 5.73 Å². The Morgan fingerprint density at radius 1 is 1.35 bits per heavy atom. The monoisotopic (exact) mass is 233 g/mol. The maximum atomic E-state index is 9.11. The van der Waals surface area contributed by atoms with Gasteiger partial charge in [-0.3, -0.25) is 0 Å². The van der Waals surface area contributed by atoms with E-state index in [1.807, 2.05) is 13.8 Å². The lowest BCUT2D eigenvalue weighted by atomic mass is 10.1. The molecule has 0 saturated carbocycles. The van der Waals surface area contributed by atoms with E-state index in [9.17, 15) is 0 Å². The van der Waals surface area contributed by atoms with E-state index in [4.69, 9.17) is 10.8 Å². The minimum atomic E-state index is -0.0592. The number of hydrogen-bond donors (Lipinski definition) is 2. The van der Waals surface area contributed by atoms with Crippen LogP contribution in [0.5, 0.6) is 0 Å². The van der Waals surface area contributed by atoms with Crippen LogP contribution in [0, 0.1) is 0 Å².